The highest BCUT2D eigenvalue weighted by Crippen LogP contribution is 2.32. The molecule has 0 aliphatic rings. The Morgan fingerprint density at radius 3 is 2.74 bits per heavy atom. The van der Waals surface area contributed by atoms with Gasteiger partial charge >= 0.3 is 0 Å². The van der Waals surface area contributed by atoms with Gasteiger partial charge in [0.25, 0.3) is 0 Å². The van der Waals surface area contributed by atoms with Crippen molar-refractivity contribution in [3.8, 4) is 11.5 Å². The van der Waals surface area contributed by atoms with Crippen LogP contribution in [0.15, 0.2) is 39.9 Å². The van der Waals surface area contributed by atoms with E-state index >= 15 is 0 Å². The Labute approximate surface area is 121 Å². The molecule has 2 N–H and O–H groups in total. The summed E-state index contributed by atoms with van der Waals surface area (Å²) in [6.45, 7) is 0. The molecule has 0 bridgehead atoms. The summed E-state index contributed by atoms with van der Waals surface area (Å²) < 4.78 is 11.8. The van der Waals surface area contributed by atoms with E-state index in [1.807, 2.05) is 24.3 Å². The van der Waals surface area contributed by atoms with Crippen LogP contribution in [0.25, 0.3) is 0 Å². The Morgan fingerprint density at radius 2 is 2.11 bits per heavy atom. The Kier molecular flexibility index (Phi) is 5.13. The van der Waals surface area contributed by atoms with Crippen molar-refractivity contribution in [1.82, 2.24) is 0 Å². The maximum atomic E-state index is 6.24. The monoisotopic (exact) mass is 295 g/mol. The lowest BCUT2D eigenvalue weighted by molar-refractivity contribution is 0.389. The predicted molar refractivity (Wildman–Crippen MR) is 81.5 cm³/mol. The molecule has 0 radical (unpaired) electrons. The lowest BCUT2D eigenvalue weighted by Crippen LogP contribution is -2.14. The van der Waals surface area contributed by atoms with E-state index < -0.39 is 0 Å². The van der Waals surface area contributed by atoms with Crippen LogP contribution in [0.5, 0.6) is 11.5 Å². The molecule has 1 aromatic carbocycles. The fourth-order valence-corrected chi connectivity index (χ4v) is 3.52. The van der Waals surface area contributed by atoms with Gasteiger partial charge in [0.1, 0.15) is 11.5 Å². The lowest BCUT2D eigenvalue weighted by Gasteiger charge is -2.16. The molecule has 5 heteroatoms. The van der Waals surface area contributed by atoms with Gasteiger partial charge in [0.15, 0.2) is 0 Å². The number of methoxy groups -OCH3 is 2. The zero-order valence-corrected chi connectivity index (χ0v) is 12.6. The molecule has 19 heavy (non-hydrogen) atoms. The van der Waals surface area contributed by atoms with Crippen molar-refractivity contribution in [2.24, 2.45) is 5.73 Å². The third-order valence-corrected chi connectivity index (χ3v) is 4.99. The van der Waals surface area contributed by atoms with Crippen molar-refractivity contribution in [1.29, 1.82) is 0 Å². The van der Waals surface area contributed by atoms with Crippen LogP contribution in [-0.4, -0.2) is 20.0 Å². The van der Waals surface area contributed by atoms with Crippen LogP contribution in [-0.2, 0) is 0 Å². The molecule has 1 aromatic heterocycles. The molecule has 2 rings (SSSR count). The maximum absolute atomic E-state index is 6.24. The highest BCUT2D eigenvalue weighted by molar-refractivity contribution is 8.01. The third-order valence-electron chi connectivity index (χ3n) is 2.74. The minimum atomic E-state index is -0.0621. The SMILES string of the molecule is COc1ccc(C(N)CSc2cccs2)c(OC)c1. The van der Waals surface area contributed by atoms with Crippen LogP contribution >= 0.6 is 23.1 Å². The van der Waals surface area contributed by atoms with E-state index in [0.29, 0.717) is 0 Å². The molecule has 0 fully saturated rings. The maximum Gasteiger partial charge on any atom is 0.127 e. The molecule has 2 aromatic rings. The number of ether oxygens (including phenoxy) is 2. The number of hydrogen-bond donors (Lipinski definition) is 1. The molecule has 0 saturated carbocycles. The molecule has 3 nitrogen and oxygen atoms in total. The fraction of sp³-hybridized carbons (Fsp3) is 0.286. The van der Waals surface area contributed by atoms with Crippen molar-refractivity contribution < 1.29 is 9.47 Å². The largest absolute Gasteiger partial charge is 0.497 e. The smallest absolute Gasteiger partial charge is 0.127 e. The summed E-state index contributed by atoms with van der Waals surface area (Å²) in [4.78, 5) is 0. The zero-order chi connectivity index (χ0) is 13.7. The summed E-state index contributed by atoms with van der Waals surface area (Å²) in [5, 5.41) is 2.07. The molecule has 0 aliphatic heterocycles. The second kappa shape index (κ2) is 6.84. The first-order valence-corrected chi connectivity index (χ1v) is 7.75. The molecule has 1 heterocycles. The highest BCUT2D eigenvalue weighted by Gasteiger charge is 2.13. The van der Waals surface area contributed by atoms with E-state index in [1.54, 1.807) is 37.3 Å². The van der Waals surface area contributed by atoms with Crippen molar-refractivity contribution in [2.45, 2.75) is 10.3 Å². The van der Waals surface area contributed by atoms with E-state index in [4.69, 9.17) is 15.2 Å². The number of rotatable bonds is 6. The van der Waals surface area contributed by atoms with E-state index in [-0.39, 0.29) is 6.04 Å². The van der Waals surface area contributed by atoms with Gasteiger partial charge in [-0.05, 0) is 17.5 Å². The Morgan fingerprint density at radius 1 is 1.26 bits per heavy atom. The van der Waals surface area contributed by atoms with Crippen LogP contribution in [0.2, 0.25) is 0 Å². The molecule has 1 atom stereocenters. The van der Waals surface area contributed by atoms with Crippen molar-refractivity contribution >= 4 is 23.1 Å². The van der Waals surface area contributed by atoms with E-state index in [2.05, 4.69) is 11.4 Å². The van der Waals surface area contributed by atoms with Gasteiger partial charge < -0.3 is 15.2 Å². The quantitative estimate of drug-likeness (QED) is 0.828. The second-order valence-corrected chi connectivity index (χ2v) is 6.23. The summed E-state index contributed by atoms with van der Waals surface area (Å²) >= 11 is 3.50. The van der Waals surface area contributed by atoms with Gasteiger partial charge in [-0.25, -0.2) is 0 Å². The standard InChI is InChI=1S/C14H17NO2S2/c1-16-10-5-6-11(13(8-10)17-2)12(15)9-19-14-4-3-7-18-14/h3-8,12H,9,15H2,1-2H3. The molecule has 102 valence electrons. The number of hydrogen-bond acceptors (Lipinski definition) is 5. The first kappa shape index (κ1) is 14.2. The first-order chi connectivity index (χ1) is 9.24. The third kappa shape index (κ3) is 3.65. The average molecular weight is 295 g/mol. The van der Waals surface area contributed by atoms with Crippen molar-refractivity contribution in [3.05, 3.63) is 41.3 Å². The van der Waals surface area contributed by atoms with Crippen LogP contribution in [0.3, 0.4) is 0 Å². The van der Waals surface area contributed by atoms with Crippen LogP contribution in [0.4, 0.5) is 0 Å². The van der Waals surface area contributed by atoms with Crippen molar-refractivity contribution in [2.75, 3.05) is 20.0 Å². The molecule has 0 amide bonds. The Balaban J connectivity index is 2.07. The topological polar surface area (TPSA) is 44.5 Å². The minimum Gasteiger partial charge on any atom is -0.497 e. The zero-order valence-electron chi connectivity index (χ0n) is 11.0. The second-order valence-electron chi connectivity index (χ2n) is 3.96. The Hall–Kier alpha value is -1.17. The highest BCUT2D eigenvalue weighted by atomic mass is 32.2. The van der Waals surface area contributed by atoms with Crippen LogP contribution < -0.4 is 15.2 Å². The van der Waals surface area contributed by atoms with Crippen LogP contribution in [0.1, 0.15) is 11.6 Å². The molecule has 0 aliphatic carbocycles. The summed E-state index contributed by atoms with van der Waals surface area (Å²) in [6, 6.07) is 9.84. The average Bonchev–Trinajstić information content (AvgIpc) is 2.97. The molecule has 0 spiro atoms. The number of thioether (sulfide) groups is 1. The van der Waals surface area contributed by atoms with Gasteiger partial charge in [0, 0.05) is 23.4 Å². The normalized spacial score (nSPS) is 12.2. The predicted octanol–water partition coefficient (Wildman–Crippen LogP) is 3.56. The number of thiophene rings is 1. The van der Waals surface area contributed by atoms with Gasteiger partial charge in [0.2, 0.25) is 0 Å². The fourth-order valence-electron chi connectivity index (χ4n) is 1.73. The van der Waals surface area contributed by atoms with Gasteiger partial charge in [-0.15, -0.1) is 23.1 Å². The summed E-state index contributed by atoms with van der Waals surface area (Å²) in [5.74, 6) is 2.38. The van der Waals surface area contributed by atoms with E-state index in [0.717, 1.165) is 22.8 Å². The summed E-state index contributed by atoms with van der Waals surface area (Å²) in [5.41, 5.74) is 7.25. The summed E-state index contributed by atoms with van der Waals surface area (Å²) in [6.07, 6.45) is 0. The van der Waals surface area contributed by atoms with Gasteiger partial charge in [-0.2, -0.15) is 0 Å². The number of benzene rings is 1. The van der Waals surface area contributed by atoms with Crippen molar-refractivity contribution in [3.63, 3.8) is 0 Å². The van der Waals surface area contributed by atoms with E-state index in [9.17, 15) is 0 Å². The lowest BCUT2D eigenvalue weighted by atomic mass is 10.1. The molecular weight excluding hydrogens is 278 g/mol. The van der Waals surface area contributed by atoms with E-state index in [1.165, 1.54) is 4.21 Å². The summed E-state index contributed by atoms with van der Waals surface area (Å²) in [7, 11) is 3.29. The molecular formula is C14H17NO2S2. The minimum absolute atomic E-state index is 0.0621. The first-order valence-electron chi connectivity index (χ1n) is 5.88. The molecule has 1 unspecified atom stereocenters. The number of nitrogens with two attached hydrogens (primary N) is 1. The molecule has 0 saturated heterocycles. The van der Waals surface area contributed by atoms with Gasteiger partial charge in [-0.3, -0.25) is 0 Å². The van der Waals surface area contributed by atoms with Gasteiger partial charge in [0.05, 0.1) is 18.4 Å². The van der Waals surface area contributed by atoms with Gasteiger partial charge in [-0.1, -0.05) is 12.1 Å². The Bertz CT molecular complexity index is 514. The van der Waals surface area contributed by atoms with Crippen LogP contribution in [0, 0.1) is 0 Å².